The fourth-order valence-corrected chi connectivity index (χ4v) is 2.91. The van der Waals surface area contributed by atoms with Crippen molar-refractivity contribution in [3.05, 3.63) is 29.8 Å². The summed E-state index contributed by atoms with van der Waals surface area (Å²) in [5.41, 5.74) is 7.27. The first-order chi connectivity index (χ1) is 8.24. The van der Waals surface area contributed by atoms with Crippen molar-refractivity contribution in [3.8, 4) is 5.75 Å². The van der Waals surface area contributed by atoms with Gasteiger partial charge in [-0.2, -0.15) is 0 Å². The average molecular weight is 255 g/mol. The van der Waals surface area contributed by atoms with Crippen LogP contribution < -0.4 is 10.5 Å². The molecule has 3 N–H and O–H groups in total. The molecule has 0 bridgehead atoms. The van der Waals surface area contributed by atoms with E-state index in [4.69, 9.17) is 15.6 Å². The third kappa shape index (κ3) is 3.91. The predicted molar refractivity (Wildman–Crippen MR) is 73.5 cm³/mol. The Balaban J connectivity index is 2.94. The standard InChI is InChI=1S/C13H21NO2S/c1-3-11(14)13(17-9-8-15)10-6-4-5-7-12(10)16-2/h4-7,11,13,15H,3,8-9,14H2,1-2H3. The normalized spacial score (nSPS) is 14.4. The maximum Gasteiger partial charge on any atom is 0.123 e. The molecule has 1 aromatic rings. The van der Waals surface area contributed by atoms with Crippen molar-refractivity contribution in [2.45, 2.75) is 24.6 Å². The van der Waals surface area contributed by atoms with Crippen LogP contribution in [-0.4, -0.2) is 30.6 Å². The number of hydrogen-bond donors (Lipinski definition) is 2. The maximum atomic E-state index is 8.95. The number of hydrogen-bond acceptors (Lipinski definition) is 4. The molecule has 1 aromatic carbocycles. The molecule has 0 fully saturated rings. The van der Waals surface area contributed by atoms with Gasteiger partial charge in [0.2, 0.25) is 0 Å². The summed E-state index contributed by atoms with van der Waals surface area (Å²) in [6.45, 7) is 2.25. The molecule has 4 heteroatoms. The van der Waals surface area contributed by atoms with Gasteiger partial charge < -0.3 is 15.6 Å². The first-order valence-electron chi connectivity index (χ1n) is 5.85. The van der Waals surface area contributed by atoms with E-state index >= 15 is 0 Å². The van der Waals surface area contributed by atoms with Crippen molar-refractivity contribution in [1.82, 2.24) is 0 Å². The van der Waals surface area contributed by atoms with Crippen LogP contribution in [0.25, 0.3) is 0 Å². The third-order valence-electron chi connectivity index (χ3n) is 2.69. The summed E-state index contributed by atoms with van der Waals surface area (Å²) in [4.78, 5) is 0. The highest BCUT2D eigenvalue weighted by molar-refractivity contribution is 7.99. The zero-order chi connectivity index (χ0) is 12.7. The van der Waals surface area contributed by atoms with Gasteiger partial charge >= 0.3 is 0 Å². The van der Waals surface area contributed by atoms with Gasteiger partial charge in [0.25, 0.3) is 0 Å². The number of ether oxygens (including phenoxy) is 1. The van der Waals surface area contributed by atoms with Crippen molar-refractivity contribution in [1.29, 1.82) is 0 Å². The van der Waals surface area contributed by atoms with E-state index in [-0.39, 0.29) is 17.9 Å². The number of aliphatic hydroxyl groups excluding tert-OH is 1. The van der Waals surface area contributed by atoms with Gasteiger partial charge in [0.1, 0.15) is 5.75 Å². The zero-order valence-electron chi connectivity index (χ0n) is 10.4. The van der Waals surface area contributed by atoms with Crippen molar-refractivity contribution in [3.63, 3.8) is 0 Å². The van der Waals surface area contributed by atoms with Crippen LogP contribution in [0, 0.1) is 0 Å². The molecule has 0 radical (unpaired) electrons. The van der Waals surface area contributed by atoms with E-state index in [1.807, 2.05) is 24.3 Å². The lowest BCUT2D eigenvalue weighted by molar-refractivity contribution is 0.322. The fraction of sp³-hybridized carbons (Fsp3) is 0.538. The van der Waals surface area contributed by atoms with Gasteiger partial charge in [-0.1, -0.05) is 25.1 Å². The van der Waals surface area contributed by atoms with Crippen LogP contribution in [0.4, 0.5) is 0 Å². The van der Waals surface area contributed by atoms with E-state index in [1.165, 1.54) is 0 Å². The van der Waals surface area contributed by atoms with E-state index < -0.39 is 0 Å². The summed E-state index contributed by atoms with van der Waals surface area (Å²) in [5.74, 6) is 1.56. The SMILES string of the molecule is CCC(N)C(SCCO)c1ccccc1OC. The summed E-state index contributed by atoms with van der Waals surface area (Å²) < 4.78 is 5.37. The molecule has 2 unspecified atom stereocenters. The Kier molecular flexibility index (Phi) is 6.40. The van der Waals surface area contributed by atoms with Crippen LogP contribution in [0.1, 0.15) is 24.2 Å². The first kappa shape index (κ1) is 14.4. The van der Waals surface area contributed by atoms with Gasteiger partial charge in [0, 0.05) is 22.6 Å². The summed E-state index contributed by atoms with van der Waals surface area (Å²) in [6, 6.07) is 8.01. The second-order valence-electron chi connectivity index (χ2n) is 3.83. The Bertz CT molecular complexity index is 333. The van der Waals surface area contributed by atoms with Gasteiger partial charge in [0.05, 0.1) is 13.7 Å². The Morgan fingerprint density at radius 3 is 2.71 bits per heavy atom. The van der Waals surface area contributed by atoms with Crippen LogP contribution in [0.5, 0.6) is 5.75 Å². The van der Waals surface area contributed by atoms with Crippen LogP contribution in [0.15, 0.2) is 24.3 Å². The number of aliphatic hydroxyl groups is 1. The lowest BCUT2D eigenvalue weighted by Gasteiger charge is -2.24. The van der Waals surface area contributed by atoms with E-state index in [2.05, 4.69) is 6.92 Å². The van der Waals surface area contributed by atoms with Crippen LogP contribution in [-0.2, 0) is 0 Å². The Labute approximate surface area is 107 Å². The molecule has 0 aliphatic carbocycles. The summed E-state index contributed by atoms with van der Waals surface area (Å²) in [7, 11) is 1.67. The number of nitrogens with two attached hydrogens (primary N) is 1. The highest BCUT2D eigenvalue weighted by Gasteiger charge is 2.21. The van der Waals surface area contributed by atoms with Crippen molar-refractivity contribution >= 4 is 11.8 Å². The molecular weight excluding hydrogens is 234 g/mol. The highest BCUT2D eigenvalue weighted by Crippen LogP contribution is 2.37. The molecule has 1 rings (SSSR count). The largest absolute Gasteiger partial charge is 0.496 e. The van der Waals surface area contributed by atoms with Gasteiger partial charge in [0.15, 0.2) is 0 Å². The van der Waals surface area contributed by atoms with Crippen molar-refractivity contribution < 1.29 is 9.84 Å². The monoisotopic (exact) mass is 255 g/mol. The molecule has 3 nitrogen and oxygen atoms in total. The second kappa shape index (κ2) is 7.58. The lowest BCUT2D eigenvalue weighted by Crippen LogP contribution is -2.26. The number of benzene rings is 1. The van der Waals surface area contributed by atoms with Gasteiger partial charge in [-0.05, 0) is 12.5 Å². The van der Waals surface area contributed by atoms with Gasteiger partial charge in [-0.25, -0.2) is 0 Å². The van der Waals surface area contributed by atoms with Gasteiger partial charge in [-0.15, -0.1) is 11.8 Å². The smallest absolute Gasteiger partial charge is 0.123 e. The third-order valence-corrected chi connectivity index (χ3v) is 4.08. The molecule has 0 aromatic heterocycles. The van der Waals surface area contributed by atoms with Crippen LogP contribution in [0.2, 0.25) is 0 Å². The first-order valence-corrected chi connectivity index (χ1v) is 6.90. The number of para-hydroxylation sites is 1. The average Bonchev–Trinajstić information content (AvgIpc) is 2.39. The van der Waals surface area contributed by atoms with E-state index in [0.29, 0.717) is 5.75 Å². The molecule has 0 amide bonds. The molecular formula is C13H21NO2S. The van der Waals surface area contributed by atoms with E-state index in [9.17, 15) is 0 Å². The molecule has 0 saturated carbocycles. The molecule has 0 aliphatic heterocycles. The van der Waals surface area contributed by atoms with Crippen LogP contribution in [0.3, 0.4) is 0 Å². The zero-order valence-corrected chi connectivity index (χ0v) is 11.2. The van der Waals surface area contributed by atoms with Crippen LogP contribution >= 0.6 is 11.8 Å². The van der Waals surface area contributed by atoms with E-state index in [0.717, 1.165) is 17.7 Å². The summed E-state index contributed by atoms with van der Waals surface area (Å²) in [6.07, 6.45) is 0.904. The molecule has 0 spiro atoms. The molecule has 0 saturated heterocycles. The summed E-state index contributed by atoms with van der Waals surface area (Å²) >= 11 is 1.68. The number of methoxy groups -OCH3 is 1. The molecule has 17 heavy (non-hydrogen) atoms. The van der Waals surface area contributed by atoms with Gasteiger partial charge in [-0.3, -0.25) is 0 Å². The minimum Gasteiger partial charge on any atom is -0.496 e. The molecule has 0 aliphatic rings. The lowest BCUT2D eigenvalue weighted by atomic mass is 10.0. The Morgan fingerprint density at radius 2 is 2.12 bits per heavy atom. The minimum atomic E-state index is 0.0721. The summed E-state index contributed by atoms with van der Waals surface area (Å²) in [5, 5.41) is 9.12. The predicted octanol–water partition coefficient (Wildman–Crippen LogP) is 2.20. The quantitative estimate of drug-likeness (QED) is 0.784. The van der Waals surface area contributed by atoms with Crippen molar-refractivity contribution in [2.24, 2.45) is 5.73 Å². The fourth-order valence-electron chi connectivity index (χ4n) is 1.74. The minimum absolute atomic E-state index is 0.0721. The van der Waals surface area contributed by atoms with Crippen molar-refractivity contribution in [2.75, 3.05) is 19.5 Å². The maximum absolute atomic E-state index is 8.95. The van der Waals surface area contributed by atoms with E-state index in [1.54, 1.807) is 18.9 Å². The Hall–Kier alpha value is -0.710. The molecule has 96 valence electrons. The topological polar surface area (TPSA) is 55.5 Å². The number of rotatable bonds is 7. The second-order valence-corrected chi connectivity index (χ2v) is 5.08. The highest BCUT2D eigenvalue weighted by atomic mass is 32.2. The molecule has 2 atom stereocenters. The Morgan fingerprint density at radius 1 is 1.41 bits per heavy atom. The number of thioether (sulfide) groups is 1. The molecule has 0 heterocycles.